The molecule has 6 nitrogen and oxygen atoms in total. The normalized spacial score (nSPS) is 11.6. The molecule has 9 heteroatoms. The number of benzene rings is 3. The molecule has 3 aromatic carbocycles. The molecule has 34 heavy (non-hydrogen) atoms. The van der Waals surface area contributed by atoms with Crippen molar-refractivity contribution in [3.05, 3.63) is 101 Å². The predicted molar refractivity (Wildman–Crippen MR) is 120 cm³/mol. The van der Waals surface area contributed by atoms with Crippen LogP contribution in [0.1, 0.15) is 32.6 Å². The Morgan fingerprint density at radius 2 is 1.85 bits per heavy atom. The Morgan fingerprint density at radius 3 is 2.56 bits per heavy atom. The van der Waals surface area contributed by atoms with E-state index < -0.39 is 17.6 Å². The number of aromatic hydroxyl groups is 1. The van der Waals surface area contributed by atoms with Crippen molar-refractivity contribution in [1.82, 2.24) is 9.99 Å². The molecule has 0 bridgehead atoms. The van der Waals surface area contributed by atoms with Crippen molar-refractivity contribution in [3.63, 3.8) is 0 Å². The van der Waals surface area contributed by atoms with Crippen molar-refractivity contribution in [2.45, 2.75) is 12.7 Å². The minimum absolute atomic E-state index is 0.0112. The van der Waals surface area contributed by atoms with Crippen molar-refractivity contribution in [1.29, 1.82) is 5.26 Å². The average Bonchev–Trinajstić information content (AvgIpc) is 3.21. The van der Waals surface area contributed by atoms with Crippen LogP contribution in [-0.2, 0) is 12.7 Å². The van der Waals surface area contributed by atoms with Gasteiger partial charge in [-0.25, -0.2) is 5.43 Å². The third-order valence-corrected chi connectivity index (χ3v) is 5.19. The number of phenols is 1. The van der Waals surface area contributed by atoms with E-state index in [9.17, 15) is 23.1 Å². The quantitative estimate of drug-likeness (QED) is 0.321. The first-order chi connectivity index (χ1) is 16.2. The Balaban J connectivity index is 1.44. The lowest BCUT2D eigenvalue weighted by Gasteiger charge is -2.09. The van der Waals surface area contributed by atoms with Gasteiger partial charge in [-0.3, -0.25) is 4.79 Å². The minimum atomic E-state index is -4.36. The zero-order chi connectivity index (χ0) is 24.3. The number of phenolic OH excluding ortho intramolecular Hbond substituents is 1. The molecule has 170 valence electrons. The summed E-state index contributed by atoms with van der Waals surface area (Å²) in [5.41, 5.74) is 4.23. The van der Waals surface area contributed by atoms with E-state index in [1.165, 1.54) is 36.5 Å². The molecule has 0 fully saturated rings. The van der Waals surface area contributed by atoms with Crippen LogP contribution < -0.4 is 5.43 Å². The minimum Gasteiger partial charge on any atom is -0.507 e. The van der Waals surface area contributed by atoms with E-state index in [2.05, 4.69) is 10.5 Å². The van der Waals surface area contributed by atoms with E-state index in [0.717, 1.165) is 34.2 Å². The second-order valence-corrected chi connectivity index (χ2v) is 7.50. The lowest BCUT2D eigenvalue weighted by Crippen LogP contribution is -2.17. The summed E-state index contributed by atoms with van der Waals surface area (Å²) >= 11 is 0. The Bertz CT molecular complexity index is 1430. The molecule has 2 N–H and O–H groups in total. The molecule has 0 aliphatic heterocycles. The van der Waals surface area contributed by atoms with Crippen molar-refractivity contribution in [2.75, 3.05) is 0 Å². The zero-order valence-corrected chi connectivity index (χ0v) is 17.5. The first kappa shape index (κ1) is 22.6. The highest BCUT2D eigenvalue weighted by Gasteiger charge is 2.29. The van der Waals surface area contributed by atoms with Gasteiger partial charge in [-0.1, -0.05) is 18.2 Å². The number of alkyl halides is 3. The molecular weight excluding hydrogens is 445 g/mol. The monoisotopic (exact) mass is 462 g/mol. The number of nitrogens with one attached hydrogen (secondary N) is 1. The van der Waals surface area contributed by atoms with Gasteiger partial charge in [-0.05, 0) is 59.7 Å². The topological polar surface area (TPSA) is 90.4 Å². The third kappa shape index (κ3) is 4.91. The van der Waals surface area contributed by atoms with Crippen LogP contribution in [-0.4, -0.2) is 21.8 Å². The molecule has 1 amide bonds. The summed E-state index contributed by atoms with van der Waals surface area (Å²) in [4.78, 5) is 12.2. The van der Waals surface area contributed by atoms with Crippen LogP contribution in [0.4, 0.5) is 13.2 Å². The second-order valence-electron chi connectivity index (χ2n) is 7.50. The fourth-order valence-electron chi connectivity index (χ4n) is 3.43. The summed E-state index contributed by atoms with van der Waals surface area (Å²) in [7, 11) is 0. The van der Waals surface area contributed by atoms with E-state index in [-0.39, 0.29) is 16.9 Å². The number of amides is 1. The number of fused-ring (bicyclic) bond motifs is 1. The number of nitriles is 1. The Morgan fingerprint density at radius 1 is 1.09 bits per heavy atom. The number of hydrazone groups is 1. The van der Waals surface area contributed by atoms with Crippen molar-refractivity contribution in [2.24, 2.45) is 5.10 Å². The van der Waals surface area contributed by atoms with Crippen LogP contribution in [0.3, 0.4) is 0 Å². The van der Waals surface area contributed by atoms with Gasteiger partial charge in [-0.15, -0.1) is 0 Å². The molecule has 4 rings (SSSR count). The fraction of sp³-hybridized carbons (Fsp3) is 0.0800. The molecule has 4 aromatic rings. The maximum atomic E-state index is 12.7. The van der Waals surface area contributed by atoms with Crippen LogP contribution in [0.25, 0.3) is 10.9 Å². The number of nitrogens with zero attached hydrogens (tertiary/aromatic N) is 3. The largest absolute Gasteiger partial charge is 0.507 e. The first-order valence-electron chi connectivity index (χ1n) is 10.1. The number of aromatic nitrogens is 1. The predicted octanol–water partition coefficient (Wildman–Crippen LogP) is 5.05. The molecule has 0 spiro atoms. The van der Waals surface area contributed by atoms with Crippen LogP contribution >= 0.6 is 0 Å². The summed E-state index contributed by atoms with van der Waals surface area (Å²) in [6.45, 7) is 0.419. The molecule has 0 saturated carbocycles. The van der Waals surface area contributed by atoms with Crippen LogP contribution in [0.5, 0.6) is 5.75 Å². The molecule has 0 aliphatic carbocycles. The van der Waals surface area contributed by atoms with E-state index in [0.29, 0.717) is 6.54 Å². The van der Waals surface area contributed by atoms with Crippen molar-refractivity contribution in [3.8, 4) is 11.8 Å². The summed E-state index contributed by atoms with van der Waals surface area (Å²) in [6, 6.07) is 18.2. The average molecular weight is 462 g/mol. The van der Waals surface area contributed by atoms with Crippen molar-refractivity contribution >= 4 is 23.0 Å². The highest BCUT2D eigenvalue weighted by atomic mass is 19.4. The maximum absolute atomic E-state index is 12.7. The Kier molecular flexibility index (Phi) is 6.06. The van der Waals surface area contributed by atoms with Gasteiger partial charge < -0.3 is 9.67 Å². The van der Waals surface area contributed by atoms with E-state index in [1.54, 1.807) is 12.1 Å². The molecule has 1 aromatic heterocycles. The van der Waals surface area contributed by atoms with Gasteiger partial charge in [0.2, 0.25) is 0 Å². The standard InChI is InChI=1S/C25H17F3N4O2/c26-25(27,28)21-5-1-16(2-6-21)15-32-10-9-18-11-17(3-7-22(18)32)14-30-31-24(34)19-4-8-23(33)20(12-19)13-29/h1-12,14,33H,15H2,(H,31,34). The van der Waals surface area contributed by atoms with E-state index in [4.69, 9.17) is 5.26 Å². The van der Waals surface area contributed by atoms with Crippen LogP contribution in [0.15, 0.2) is 78.0 Å². The van der Waals surface area contributed by atoms with Gasteiger partial charge in [-0.2, -0.15) is 23.5 Å². The maximum Gasteiger partial charge on any atom is 0.416 e. The first-order valence-corrected chi connectivity index (χ1v) is 10.1. The molecule has 1 heterocycles. The second kappa shape index (κ2) is 9.11. The SMILES string of the molecule is N#Cc1cc(C(=O)NN=Cc2ccc3c(ccn3Cc3ccc(C(F)(F)F)cc3)c2)ccc1O. The van der Waals surface area contributed by atoms with Crippen LogP contribution in [0, 0.1) is 11.3 Å². The zero-order valence-electron chi connectivity index (χ0n) is 17.5. The molecule has 0 atom stereocenters. The van der Waals surface area contributed by atoms with Crippen molar-refractivity contribution < 1.29 is 23.1 Å². The molecule has 0 aliphatic rings. The Hall–Kier alpha value is -4.58. The number of carbonyl (C=O) groups excluding carboxylic acids is 1. The number of rotatable bonds is 5. The lowest BCUT2D eigenvalue weighted by molar-refractivity contribution is -0.137. The smallest absolute Gasteiger partial charge is 0.416 e. The molecular formula is C25H17F3N4O2. The Labute approximate surface area is 192 Å². The van der Waals surface area contributed by atoms with Gasteiger partial charge in [0.25, 0.3) is 5.91 Å². The highest BCUT2D eigenvalue weighted by molar-refractivity contribution is 5.96. The molecule has 0 radical (unpaired) electrons. The van der Waals surface area contributed by atoms with Gasteiger partial charge in [0.05, 0.1) is 17.3 Å². The lowest BCUT2D eigenvalue weighted by atomic mass is 10.1. The third-order valence-electron chi connectivity index (χ3n) is 5.19. The summed E-state index contributed by atoms with van der Waals surface area (Å²) in [5.74, 6) is -0.738. The summed E-state index contributed by atoms with van der Waals surface area (Å²) < 4.78 is 40.2. The van der Waals surface area contributed by atoms with E-state index in [1.807, 2.05) is 29.0 Å². The molecule has 0 saturated heterocycles. The van der Waals surface area contributed by atoms with Crippen LogP contribution in [0.2, 0.25) is 0 Å². The van der Waals surface area contributed by atoms with E-state index >= 15 is 0 Å². The molecule has 0 unspecified atom stereocenters. The van der Waals surface area contributed by atoms with Gasteiger partial charge in [0.15, 0.2) is 0 Å². The number of carbonyl (C=O) groups is 1. The summed E-state index contributed by atoms with van der Waals surface area (Å²) in [5, 5.41) is 23.3. The highest BCUT2D eigenvalue weighted by Crippen LogP contribution is 2.29. The fourth-order valence-corrected chi connectivity index (χ4v) is 3.43. The summed E-state index contributed by atoms with van der Waals surface area (Å²) in [6.07, 6.45) is -1.04. The van der Waals surface area contributed by atoms with Gasteiger partial charge in [0, 0.05) is 29.2 Å². The number of hydrogen-bond donors (Lipinski definition) is 2. The van der Waals surface area contributed by atoms with Gasteiger partial charge in [0.1, 0.15) is 11.8 Å². The number of halogens is 3. The number of hydrogen-bond acceptors (Lipinski definition) is 4. The van der Waals surface area contributed by atoms with Gasteiger partial charge >= 0.3 is 6.18 Å².